The van der Waals surface area contributed by atoms with E-state index in [1.807, 2.05) is 0 Å². The molecule has 14 heavy (non-hydrogen) atoms. The minimum Gasteiger partial charge on any atom is -0.444 e. The number of hydrogen-bond acceptors (Lipinski definition) is 3. The molecule has 0 fully saturated rings. The van der Waals surface area contributed by atoms with E-state index in [0.717, 1.165) is 12.1 Å². The van der Waals surface area contributed by atoms with E-state index < -0.39 is 11.6 Å². The van der Waals surface area contributed by atoms with E-state index in [4.69, 9.17) is 10.2 Å². The smallest absolute Gasteiger partial charge is 0.228 e. The first-order valence-corrected chi connectivity index (χ1v) is 3.83. The van der Waals surface area contributed by atoms with Gasteiger partial charge in [-0.15, -0.1) is 0 Å². The Balaban J connectivity index is 2.60. The summed E-state index contributed by atoms with van der Waals surface area (Å²) in [5.41, 5.74) is 5.81. The van der Waals surface area contributed by atoms with E-state index >= 15 is 0 Å². The van der Waals surface area contributed by atoms with Gasteiger partial charge in [-0.05, 0) is 6.07 Å². The van der Waals surface area contributed by atoms with E-state index in [0.29, 0.717) is 0 Å². The van der Waals surface area contributed by atoms with Crippen LogP contribution < -0.4 is 5.73 Å². The summed E-state index contributed by atoms with van der Waals surface area (Å²) in [5, 5.41) is 0. The molecule has 0 aliphatic heterocycles. The Morgan fingerprint density at radius 1 is 1.21 bits per heavy atom. The van der Waals surface area contributed by atoms with Crippen LogP contribution in [0.15, 0.2) is 29.0 Å². The van der Waals surface area contributed by atoms with Crippen molar-refractivity contribution < 1.29 is 13.2 Å². The van der Waals surface area contributed by atoms with Crippen molar-refractivity contribution in [3.63, 3.8) is 0 Å². The zero-order valence-corrected chi connectivity index (χ0v) is 7.00. The normalized spacial score (nSPS) is 10.4. The summed E-state index contributed by atoms with van der Waals surface area (Å²) in [6.45, 7) is 0. The molecule has 0 aliphatic carbocycles. The number of oxazole rings is 1. The molecular formula is C9H6F2N2O. The third-order valence-electron chi connectivity index (χ3n) is 1.76. The van der Waals surface area contributed by atoms with Gasteiger partial charge in [-0.2, -0.15) is 0 Å². The fourth-order valence-corrected chi connectivity index (χ4v) is 1.10. The van der Waals surface area contributed by atoms with Crippen molar-refractivity contribution in [1.29, 1.82) is 0 Å². The van der Waals surface area contributed by atoms with Crippen LogP contribution in [0.25, 0.3) is 11.5 Å². The summed E-state index contributed by atoms with van der Waals surface area (Å²) in [4.78, 5) is 3.78. The summed E-state index contributed by atoms with van der Waals surface area (Å²) < 4.78 is 30.5. The van der Waals surface area contributed by atoms with E-state index in [2.05, 4.69) is 4.98 Å². The third-order valence-corrected chi connectivity index (χ3v) is 1.76. The second-order valence-electron chi connectivity index (χ2n) is 2.69. The number of hydrogen-bond donors (Lipinski definition) is 1. The number of benzene rings is 1. The minimum atomic E-state index is -0.988. The molecule has 0 spiro atoms. The lowest BCUT2D eigenvalue weighted by atomic mass is 10.1. The molecule has 0 aliphatic rings. The molecule has 2 N–H and O–H groups in total. The number of rotatable bonds is 1. The van der Waals surface area contributed by atoms with Crippen molar-refractivity contribution in [1.82, 2.24) is 4.98 Å². The second-order valence-corrected chi connectivity index (χ2v) is 2.69. The largest absolute Gasteiger partial charge is 0.444 e. The molecule has 0 saturated heterocycles. The Morgan fingerprint density at radius 3 is 2.57 bits per heavy atom. The van der Waals surface area contributed by atoms with E-state index in [1.165, 1.54) is 12.5 Å². The van der Waals surface area contributed by atoms with Crippen molar-refractivity contribution in [2.24, 2.45) is 0 Å². The van der Waals surface area contributed by atoms with Crippen molar-refractivity contribution in [3.8, 4) is 11.5 Å². The SMILES string of the molecule is Nc1cc(F)c(F)cc1-c1ncco1. The molecular weight excluding hydrogens is 190 g/mol. The molecule has 1 aromatic heterocycles. The molecule has 0 saturated carbocycles. The van der Waals surface area contributed by atoms with Crippen LogP contribution in [0, 0.1) is 11.6 Å². The molecule has 0 bridgehead atoms. The highest BCUT2D eigenvalue weighted by molar-refractivity contribution is 5.70. The van der Waals surface area contributed by atoms with Gasteiger partial charge in [0.15, 0.2) is 11.6 Å². The van der Waals surface area contributed by atoms with E-state index in [-0.39, 0.29) is 17.1 Å². The molecule has 2 rings (SSSR count). The van der Waals surface area contributed by atoms with Gasteiger partial charge in [0.2, 0.25) is 5.89 Å². The summed E-state index contributed by atoms with van der Waals surface area (Å²) in [5.74, 6) is -1.80. The molecule has 0 unspecified atom stereocenters. The van der Waals surface area contributed by atoms with Gasteiger partial charge in [0, 0.05) is 11.8 Å². The highest BCUT2D eigenvalue weighted by atomic mass is 19.2. The van der Waals surface area contributed by atoms with Crippen LogP contribution in [-0.4, -0.2) is 4.98 Å². The minimum absolute atomic E-state index is 0.0892. The average Bonchev–Trinajstić information content (AvgIpc) is 2.64. The Hall–Kier alpha value is -1.91. The molecule has 5 heteroatoms. The van der Waals surface area contributed by atoms with Gasteiger partial charge < -0.3 is 10.2 Å². The predicted molar refractivity (Wildman–Crippen MR) is 46.3 cm³/mol. The fraction of sp³-hybridized carbons (Fsp3) is 0. The maximum atomic E-state index is 12.9. The Kier molecular flexibility index (Phi) is 1.92. The standard InChI is InChI=1S/C9H6F2N2O/c10-6-3-5(8(12)4-7(6)11)9-13-1-2-14-9/h1-4H,12H2. The first kappa shape index (κ1) is 8.68. The first-order chi connectivity index (χ1) is 6.68. The van der Waals surface area contributed by atoms with Crippen molar-refractivity contribution in [2.45, 2.75) is 0 Å². The van der Waals surface area contributed by atoms with Gasteiger partial charge in [-0.25, -0.2) is 13.8 Å². The number of nitrogens with two attached hydrogens (primary N) is 1. The van der Waals surface area contributed by atoms with Crippen molar-refractivity contribution in [2.75, 3.05) is 5.73 Å². The quantitative estimate of drug-likeness (QED) is 0.711. The maximum Gasteiger partial charge on any atom is 0.228 e. The van der Waals surface area contributed by atoms with Crippen LogP contribution in [0.5, 0.6) is 0 Å². The van der Waals surface area contributed by atoms with Gasteiger partial charge in [0.25, 0.3) is 0 Å². The lowest BCUT2D eigenvalue weighted by Crippen LogP contribution is -1.94. The monoisotopic (exact) mass is 196 g/mol. The number of aromatic nitrogens is 1. The number of nitrogen functional groups attached to an aromatic ring is 1. The van der Waals surface area contributed by atoms with Gasteiger partial charge in [0.05, 0.1) is 11.8 Å². The lowest BCUT2D eigenvalue weighted by molar-refractivity contribution is 0.508. The van der Waals surface area contributed by atoms with Gasteiger partial charge in [-0.3, -0.25) is 0 Å². The summed E-state index contributed by atoms with van der Waals surface area (Å²) in [6.07, 6.45) is 2.73. The molecule has 0 radical (unpaired) electrons. The van der Waals surface area contributed by atoms with Gasteiger partial charge >= 0.3 is 0 Å². The average molecular weight is 196 g/mol. The molecule has 0 atom stereocenters. The predicted octanol–water partition coefficient (Wildman–Crippen LogP) is 2.20. The van der Waals surface area contributed by atoms with Crippen molar-refractivity contribution >= 4 is 5.69 Å². The third kappa shape index (κ3) is 1.32. The first-order valence-electron chi connectivity index (χ1n) is 3.83. The summed E-state index contributed by atoms with van der Waals surface area (Å²) in [7, 11) is 0. The Morgan fingerprint density at radius 2 is 1.93 bits per heavy atom. The second kappa shape index (κ2) is 3.10. The Bertz CT molecular complexity index is 454. The number of halogens is 2. The van der Waals surface area contributed by atoms with Crippen LogP contribution in [0.4, 0.5) is 14.5 Å². The fourth-order valence-electron chi connectivity index (χ4n) is 1.10. The maximum absolute atomic E-state index is 12.9. The van der Waals surface area contributed by atoms with E-state index in [1.54, 1.807) is 0 Å². The lowest BCUT2D eigenvalue weighted by Gasteiger charge is -2.01. The molecule has 72 valence electrons. The van der Waals surface area contributed by atoms with Gasteiger partial charge in [-0.1, -0.05) is 0 Å². The molecule has 2 aromatic rings. The number of nitrogens with zero attached hydrogens (tertiary/aromatic N) is 1. The molecule has 1 aromatic carbocycles. The zero-order chi connectivity index (χ0) is 10.1. The van der Waals surface area contributed by atoms with Crippen LogP contribution in [0.1, 0.15) is 0 Å². The highest BCUT2D eigenvalue weighted by Gasteiger charge is 2.11. The molecule has 0 amide bonds. The summed E-state index contributed by atoms with van der Waals surface area (Å²) in [6, 6.07) is 1.85. The number of anilines is 1. The highest BCUT2D eigenvalue weighted by Crippen LogP contribution is 2.26. The van der Waals surface area contributed by atoms with Crippen LogP contribution in [0.2, 0.25) is 0 Å². The van der Waals surface area contributed by atoms with Gasteiger partial charge in [0.1, 0.15) is 6.26 Å². The van der Waals surface area contributed by atoms with Crippen LogP contribution in [-0.2, 0) is 0 Å². The zero-order valence-electron chi connectivity index (χ0n) is 7.00. The van der Waals surface area contributed by atoms with Crippen LogP contribution in [0.3, 0.4) is 0 Å². The summed E-state index contributed by atoms with van der Waals surface area (Å²) >= 11 is 0. The topological polar surface area (TPSA) is 52.0 Å². The van der Waals surface area contributed by atoms with Crippen molar-refractivity contribution in [3.05, 3.63) is 36.2 Å². The Labute approximate surface area is 78.2 Å². The van der Waals surface area contributed by atoms with E-state index in [9.17, 15) is 8.78 Å². The molecule has 1 heterocycles. The molecule has 3 nitrogen and oxygen atoms in total. The van der Waals surface area contributed by atoms with Crippen LogP contribution >= 0.6 is 0 Å².